The molecule has 2 rings (SSSR count). The van der Waals surface area contributed by atoms with Crippen molar-refractivity contribution in [3.05, 3.63) is 11.7 Å². The van der Waals surface area contributed by atoms with Crippen LogP contribution in [0.3, 0.4) is 0 Å². The summed E-state index contributed by atoms with van der Waals surface area (Å²) in [4.78, 5) is 4.17. The molecule has 0 aliphatic heterocycles. The molecule has 2 N–H and O–H groups in total. The Bertz CT molecular complexity index is 307. The van der Waals surface area contributed by atoms with Crippen molar-refractivity contribution in [1.82, 2.24) is 10.1 Å². The van der Waals surface area contributed by atoms with Crippen LogP contribution in [0.15, 0.2) is 4.52 Å². The van der Waals surface area contributed by atoms with Crippen LogP contribution in [0.1, 0.15) is 31.5 Å². The van der Waals surface area contributed by atoms with Crippen LogP contribution in [0, 0.1) is 5.92 Å². The Morgan fingerprint density at radius 2 is 2.33 bits per heavy atom. The molecule has 1 aromatic heterocycles. The van der Waals surface area contributed by atoms with E-state index in [0.717, 1.165) is 25.8 Å². The van der Waals surface area contributed by atoms with Gasteiger partial charge >= 0.3 is 0 Å². The van der Waals surface area contributed by atoms with E-state index in [1.54, 1.807) is 0 Å². The number of aromatic nitrogens is 2. The molecule has 0 radical (unpaired) electrons. The van der Waals surface area contributed by atoms with E-state index in [-0.39, 0.29) is 0 Å². The topological polar surface area (TPSA) is 74.2 Å². The highest BCUT2D eigenvalue weighted by atomic mass is 16.5. The minimum Gasteiger partial charge on any atom is -0.370 e. The predicted molar refractivity (Wildman–Crippen MR) is 54.0 cm³/mol. The molecular formula is C10H17N3O2. The number of rotatable bonds is 5. The molecule has 1 aliphatic rings. The largest absolute Gasteiger partial charge is 0.370 e. The van der Waals surface area contributed by atoms with E-state index in [1.165, 1.54) is 0 Å². The second-order valence-corrected chi connectivity index (χ2v) is 3.96. The van der Waals surface area contributed by atoms with Gasteiger partial charge in [-0.05, 0) is 25.3 Å². The second-order valence-electron chi connectivity index (χ2n) is 3.96. The maximum absolute atomic E-state index is 5.61. The zero-order valence-corrected chi connectivity index (χ0v) is 8.98. The van der Waals surface area contributed by atoms with Crippen LogP contribution in [0.25, 0.3) is 0 Å². The molecule has 0 aromatic carbocycles. The van der Waals surface area contributed by atoms with Crippen LogP contribution in [-0.2, 0) is 17.8 Å². The van der Waals surface area contributed by atoms with Crippen LogP contribution < -0.4 is 5.73 Å². The summed E-state index contributed by atoms with van der Waals surface area (Å²) in [5.74, 6) is 1.96. The number of nitrogens with zero attached hydrogens (tertiary/aromatic N) is 2. The van der Waals surface area contributed by atoms with E-state index in [4.69, 9.17) is 15.0 Å². The zero-order valence-electron chi connectivity index (χ0n) is 8.98. The number of hydrogen-bond acceptors (Lipinski definition) is 5. The van der Waals surface area contributed by atoms with Crippen molar-refractivity contribution in [3.63, 3.8) is 0 Å². The third-order valence-corrected chi connectivity index (χ3v) is 2.79. The Balaban J connectivity index is 1.70. The van der Waals surface area contributed by atoms with Crippen LogP contribution in [-0.4, -0.2) is 22.8 Å². The van der Waals surface area contributed by atoms with Crippen LogP contribution in [0.4, 0.5) is 0 Å². The van der Waals surface area contributed by atoms with Crippen LogP contribution in [0.2, 0.25) is 0 Å². The molecule has 0 spiro atoms. The summed E-state index contributed by atoms with van der Waals surface area (Å²) in [6, 6.07) is 0. The molecule has 0 atom stereocenters. The molecule has 0 saturated heterocycles. The maximum Gasteiger partial charge on any atom is 0.226 e. The van der Waals surface area contributed by atoms with E-state index in [1.807, 2.05) is 6.92 Å². The van der Waals surface area contributed by atoms with Crippen molar-refractivity contribution in [3.8, 4) is 0 Å². The van der Waals surface area contributed by atoms with Gasteiger partial charge in [0.2, 0.25) is 5.89 Å². The highest BCUT2D eigenvalue weighted by Gasteiger charge is 2.28. The molecule has 0 bridgehead atoms. The summed E-state index contributed by atoms with van der Waals surface area (Å²) in [7, 11) is 0. The third-order valence-electron chi connectivity index (χ3n) is 2.79. The summed E-state index contributed by atoms with van der Waals surface area (Å²) in [6.07, 6.45) is 3.23. The van der Waals surface area contributed by atoms with E-state index >= 15 is 0 Å². The van der Waals surface area contributed by atoms with Gasteiger partial charge in [0.05, 0.1) is 6.10 Å². The van der Waals surface area contributed by atoms with Gasteiger partial charge in [0.25, 0.3) is 0 Å². The van der Waals surface area contributed by atoms with Gasteiger partial charge in [-0.3, -0.25) is 0 Å². The molecule has 1 aromatic rings. The van der Waals surface area contributed by atoms with Gasteiger partial charge in [-0.1, -0.05) is 12.1 Å². The maximum atomic E-state index is 5.61. The zero-order chi connectivity index (χ0) is 10.7. The van der Waals surface area contributed by atoms with Gasteiger partial charge in [0, 0.05) is 6.42 Å². The summed E-state index contributed by atoms with van der Waals surface area (Å²) < 4.78 is 10.6. The minimum absolute atomic E-state index is 0.335. The third kappa shape index (κ3) is 2.54. The summed E-state index contributed by atoms with van der Waals surface area (Å²) in [6.45, 7) is 3.20. The minimum atomic E-state index is 0.335. The lowest BCUT2D eigenvalue weighted by atomic mass is 9.82. The Kier molecular flexibility index (Phi) is 3.33. The number of hydrogen-bond donors (Lipinski definition) is 1. The van der Waals surface area contributed by atoms with E-state index in [0.29, 0.717) is 30.3 Å². The van der Waals surface area contributed by atoms with Gasteiger partial charge in [0.15, 0.2) is 5.82 Å². The summed E-state index contributed by atoms with van der Waals surface area (Å²) in [5.41, 5.74) is 5.53. The molecule has 1 aliphatic carbocycles. The molecule has 1 heterocycles. The molecule has 5 nitrogen and oxygen atoms in total. The van der Waals surface area contributed by atoms with Crippen molar-refractivity contribution in [2.75, 3.05) is 6.54 Å². The van der Waals surface area contributed by atoms with Gasteiger partial charge < -0.3 is 15.0 Å². The van der Waals surface area contributed by atoms with Crippen molar-refractivity contribution >= 4 is 0 Å². The molecule has 84 valence electrons. The van der Waals surface area contributed by atoms with Gasteiger partial charge in [0.1, 0.15) is 6.61 Å². The standard InChI is InChI=1S/C10H17N3O2/c1-2-10-12-9(13-15-10)6-14-8-3-7(4-8)5-11/h7-8H,2-6,11H2,1H3. The normalized spacial score (nSPS) is 25.2. The second kappa shape index (κ2) is 4.72. The lowest BCUT2D eigenvalue weighted by molar-refractivity contribution is -0.0405. The molecule has 0 unspecified atom stereocenters. The SMILES string of the molecule is CCc1nc(COC2CC(CN)C2)no1. The molecule has 0 amide bonds. The lowest BCUT2D eigenvalue weighted by Gasteiger charge is -2.33. The fraction of sp³-hybridized carbons (Fsp3) is 0.800. The van der Waals surface area contributed by atoms with E-state index in [9.17, 15) is 0 Å². The molecular weight excluding hydrogens is 194 g/mol. The number of nitrogens with two attached hydrogens (primary N) is 1. The quantitative estimate of drug-likeness (QED) is 0.782. The fourth-order valence-electron chi connectivity index (χ4n) is 1.69. The molecule has 15 heavy (non-hydrogen) atoms. The Hall–Kier alpha value is -0.940. The monoisotopic (exact) mass is 211 g/mol. The highest BCUT2D eigenvalue weighted by Crippen LogP contribution is 2.29. The smallest absolute Gasteiger partial charge is 0.226 e. The summed E-state index contributed by atoms with van der Waals surface area (Å²) in [5, 5.41) is 3.82. The van der Waals surface area contributed by atoms with Crippen molar-refractivity contribution in [1.29, 1.82) is 0 Å². The van der Waals surface area contributed by atoms with Crippen molar-refractivity contribution < 1.29 is 9.26 Å². The predicted octanol–water partition coefficient (Wildman–Crippen LogP) is 0.886. The van der Waals surface area contributed by atoms with Crippen molar-refractivity contribution in [2.45, 2.75) is 38.9 Å². The van der Waals surface area contributed by atoms with Crippen LogP contribution >= 0.6 is 0 Å². The first-order valence-corrected chi connectivity index (χ1v) is 5.45. The fourth-order valence-corrected chi connectivity index (χ4v) is 1.69. The van der Waals surface area contributed by atoms with E-state index < -0.39 is 0 Å². The van der Waals surface area contributed by atoms with Gasteiger partial charge in [-0.25, -0.2) is 0 Å². The average molecular weight is 211 g/mol. The molecule has 1 saturated carbocycles. The summed E-state index contributed by atoms with van der Waals surface area (Å²) >= 11 is 0. The Labute approximate surface area is 89.0 Å². The first kappa shape index (κ1) is 10.6. The highest BCUT2D eigenvalue weighted by molar-refractivity contribution is 4.85. The Morgan fingerprint density at radius 3 is 2.93 bits per heavy atom. The lowest BCUT2D eigenvalue weighted by Crippen LogP contribution is -2.35. The molecule has 1 fully saturated rings. The first-order chi connectivity index (χ1) is 7.31. The van der Waals surface area contributed by atoms with Crippen LogP contribution in [0.5, 0.6) is 0 Å². The van der Waals surface area contributed by atoms with Gasteiger partial charge in [-0.2, -0.15) is 4.98 Å². The number of aryl methyl sites for hydroxylation is 1. The first-order valence-electron chi connectivity index (χ1n) is 5.45. The average Bonchev–Trinajstić information content (AvgIpc) is 2.64. The molecule has 5 heteroatoms. The van der Waals surface area contributed by atoms with Crippen molar-refractivity contribution in [2.24, 2.45) is 11.7 Å². The van der Waals surface area contributed by atoms with E-state index in [2.05, 4.69) is 10.1 Å². The Morgan fingerprint density at radius 1 is 1.53 bits per heavy atom. The number of ether oxygens (including phenoxy) is 1. The van der Waals surface area contributed by atoms with Gasteiger partial charge in [-0.15, -0.1) is 0 Å².